The lowest BCUT2D eigenvalue weighted by molar-refractivity contribution is 0.501. The van der Waals surface area contributed by atoms with Gasteiger partial charge in [-0.1, -0.05) is 30.3 Å². The Labute approximate surface area is 104 Å². The van der Waals surface area contributed by atoms with Crippen LogP contribution in [0.2, 0.25) is 0 Å². The molecule has 0 saturated heterocycles. The molecule has 0 amide bonds. The molecule has 0 saturated carbocycles. The van der Waals surface area contributed by atoms with Gasteiger partial charge in [-0.15, -0.1) is 0 Å². The van der Waals surface area contributed by atoms with Gasteiger partial charge in [0.2, 0.25) is 0 Å². The van der Waals surface area contributed by atoms with Gasteiger partial charge in [-0.2, -0.15) is 0 Å². The van der Waals surface area contributed by atoms with Crippen molar-refractivity contribution in [3.05, 3.63) is 70.8 Å². The second-order valence-corrected chi connectivity index (χ2v) is 4.51. The molecule has 1 heterocycles. The monoisotopic (exact) mass is 245 g/mol. The van der Waals surface area contributed by atoms with Crippen LogP contribution in [0.25, 0.3) is 0 Å². The number of fused-ring (bicyclic) bond motifs is 1. The maximum atomic E-state index is 13.3. The molecule has 18 heavy (non-hydrogen) atoms. The van der Waals surface area contributed by atoms with E-state index in [0.29, 0.717) is 0 Å². The Hall–Kier alpha value is -1.74. The Morgan fingerprint density at radius 3 is 2.67 bits per heavy atom. The van der Waals surface area contributed by atoms with E-state index >= 15 is 0 Å². The highest BCUT2D eigenvalue weighted by atomic mass is 19.2. The molecule has 1 atom stereocenters. The summed E-state index contributed by atoms with van der Waals surface area (Å²) in [6.07, 6.45) is 0.969. The molecule has 0 spiro atoms. The maximum absolute atomic E-state index is 13.3. The molecule has 0 fully saturated rings. The van der Waals surface area contributed by atoms with Gasteiger partial charge in [0.25, 0.3) is 0 Å². The van der Waals surface area contributed by atoms with Gasteiger partial charge in [-0.3, -0.25) is 0 Å². The molecule has 0 bridgehead atoms. The van der Waals surface area contributed by atoms with E-state index in [1.165, 1.54) is 17.7 Å². The van der Waals surface area contributed by atoms with Gasteiger partial charge < -0.3 is 5.32 Å². The lowest BCUT2D eigenvalue weighted by Gasteiger charge is -2.27. The van der Waals surface area contributed by atoms with E-state index in [1.807, 2.05) is 18.2 Å². The second kappa shape index (κ2) is 4.50. The first-order valence-corrected chi connectivity index (χ1v) is 6.02. The summed E-state index contributed by atoms with van der Waals surface area (Å²) in [4.78, 5) is 0. The zero-order valence-electron chi connectivity index (χ0n) is 9.79. The van der Waals surface area contributed by atoms with Crippen molar-refractivity contribution in [2.24, 2.45) is 0 Å². The number of rotatable bonds is 1. The molecule has 2 aromatic rings. The SMILES string of the molecule is Fc1ccc(C2NCCc3ccccc32)cc1F. The zero-order valence-corrected chi connectivity index (χ0v) is 9.79. The molecule has 2 aromatic carbocycles. The summed E-state index contributed by atoms with van der Waals surface area (Å²) in [5.74, 6) is -1.60. The summed E-state index contributed by atoms with van der Waals surface area (Å²) in [5.41, 5.74) is 3.18. The summed E-state index contributed by atoms with van der Waals surface area (Å²) in [6.45, 7) is 0.848. The van der Waals surface area contributed by atoms with Crippen LogP contribution >= 0.6 is 0 Å². The maximum Gasteiger partial charge on any atom is 0.159 e. The number of hydrogen-bond donors (Lipinski definition) is 1. The predicted octanol–water partition coefficient (Wildman–Crippen LogP) is 3.20. The summed E-state index contributed by atoms with van der Waals surface area (Å²) in [5, 5.41) is 3.35. The van der Waals surface area contributed by atoms with Gasteiger partial charge >= 0.3 is 0 Å². The van der Waals surface area contributed by atoms with E-state index in [0.717, 1.165) is 24.1 Å². The van der Waals surface area contributed by atoms with E-state index in [4.69, 9.17) is 0 Å². The summed E-state index contributed by atoms with van der Waals surface area (Å²) in [6, 6.07) is 12.1. The first-order chi connectivity index (χ1) is 8.75. The van der Waals surface area contributed by atoms with Crippen molar-refractivity contribution in [2.75, 3.05) is 6.54 Å². The molecule has 3 heteroatoms. The third kappa shape index (κ3) is 1.91. The highest BCUT2D eigenvalue weighted by Crippen LogP contribution is 2.29. The van der Waals surface area contributed by atoms with Gasteiger partial charge in [0.15, 0.2) is 11.6 Å². The molecule has 0 aliphatic carbocycles. The van der Waals surface area contributed by atoms with Gasteiger partial charge in [0, 0.05) is 6.54 Å². The number of nitrogens with one attached hydrogen (secondary N) is 1. The molecule has 1 aliphatic rings. The highest BCUT2D eigenvalue weighted by molar-refractivity contribution is 5.39. The van der Waals surface area contributed by atoms with E-state index in [-0.39, 0.29) is 6.04 Å². The predicted molar refractivity (Wildman–Crippen MR) is 66.3 cm³/mol. The zero-order chi connectivity index (χ0) is 12.5. The van der Waals surface area contributed by atoms with Crippen LogP contribution in [0.3, 0.4) is 0 Å². The summed E-state index contributed by atoms with van der Waals surface area (Å²) >= 11 is 0. The Morgan fingerprint density at radius 2 is 1.83 bits per heavy atom. The third-order valence-electron chi connectivity index (χ3n) is 3.39. The number of halogens is 2. The molecule has 1 N–H and O–H groups in total. The highest BCUT2D eigenvalue weighted by Gasteiger charge is 2.21. The van der Waals surface area contributed by atoms with Crippen LogP contribution in [0.1, 0.15) is 22.7 Å². The van der Waals surface area contributed by atoms with Crippen LogP contribution in [0, 0.1) is 11.6 Å². The molecular weight excluding hydrogens is 232 g/mol. The molecular formula is C15H13F2N. The van der Waals surface area contributed by atoms with Crippen molar-refractivity contribution in [3.63, 3.8) is 0 Å². The molecule has 0 aromatic heterocycles. The Bertz CT molecular complexity index is 580. The number of benzene rings is 2. The normalized spacial score (nSPS) is 18.4. The van der Waals surface area contributed by atoms with Gasteiger partial charge in [-0.05, 0) is 35.2 Å². The fourth-order valence-electron chi connectivity index (χ4n) is 2.49. The summed E-state index contributed by atoms with van der Waals surface area (Å²) < 4.78 is 26.3. The molecule has 1 nitrogen and oxygen atoms in total. The van der Waals surface area contributed by atoms with Crippen molar-refractivity contribution in [2.45, 2.75) is 12.5 Å². The van der Waals surface area contributed by atoms with E-state index in [9.17, 15) is 8.78 Å². The topological polar surface area (TPSA) is 12.0 Å². The first kappa shape index (κ1) is 11.4. The fourth-order valence-corrected chi connectivity index (χ4v) is 2.49. The van der Waals surface area contributed by atoms with Crippen LogP contribution in [0.15, 0.2) is 42.5 Å². The molecule has 3 rings (SSSR count). The van der Waals surface area contributed by atoms with E-state index in [1.54, 1.807) is 6.07 Å². The lowest BCUT2D eigenvalue weighted by atomic mass is 9.90. The molecule has 0 radical (unpaired) electrons. The second-order valence-electron chi connectivity index (χ2n) is 4.51. The molecule has 92 valence electrons. The van der Waals surface area contributed by atoms with Crippen molar-refractivity contribution in [1.29, 1.82) is 0 Å². The van der Waals surface area contributed by atoms with Gasteiger partial charge in [-0.25, -0.2) is 8.78 Å². The minimum atomic E-state index is -0.803. The summed E-state index contributed by atoms with van der Waals surface area (Å²) in [7, 11) is 0. The molecule has 1 unspecified atom stereocenters. The number of hydrogen-bond acceptors (Lipinski definition) is 1. The van der Waals surface area contributed by atoms with Crippen molar-refractivity contribution in [1.82, 2.24) is 5.32 Å². The largest absolute Gasteiger partial charge is 0.306 e. The lowest BCUT2D eigenvalue weighted by Crippen LogP contribution is -2.30. The Morgan fingerprint density at radius 1 is 1.00 bits per heavy atom. The fraction of sp³-hybridized carbons (Fsp3) is 0.200. The minimum Gasteiger partial charge on any atom is -0.306 e. The van der Waals surface area contributed by atoms with Crippen LogP contribution in [-0.2, 0) is 6.42 Å². The quantitative estimate of drug-likeness (QED) is 0.813. The molecule has 1 aliphatic heterocycles. The van der Waals surface area contributed by atoms with Crippen molar-refractivity contribution >= 4 is 0 Å². The van der Waals surface area contributed by atoms with Crippen LogP contribution in [0.4, 0.5) is 8.78 Å². The average molecular weight is 245 g/mol. The Balaban J connectivity index is 2.05. The minimum absolute atomic E-state index is 0.0509. The standard InChI is InChI=1S/C15H13F2N/c16-13-6-5-11(9-14(13)17)15-12-4-2-1-3-10(12)7-8-18-15/h1-6,9,15,18H,7-8H2. The van der Waals surface area contributed by atoms with Crippen LogP contribution < -0.4 is 5.32 Å². The van der Waals surface area contributed by atoms with Crippen LogP contribution in [-0.4, -0.2) is 6.54 Å². The van der Waals surface area contributed by atoms with Crippen molar-refractivity contribution in [3.8, 4) is 0 Å². The van der Waals surface area contributed by atoms with Gasteiger partial charge in [0.05, 0.1) is 6.04 Å². The van der Waals surface area contributed by atoms with Crippen LogP contribution in [0.5, 0.6) is 0 Å². The average Bonchev–Trinajstić information content (AvgIpc) is 2.41. The third-order valence-corrected chi connectivity index (χ3v) is 3.39. The van der Waals surface area contributed by atoms with Crippen molar-refractivity contribution < 1.29 is 8.78 Å². The van der Waals surface area contributed by atoms with Gasteiger partial charge in [0.1, 0.15) is 0 Å². The smallest absolute Gasteiger partial charge is 0.159 e. The van der Waals surface area contributed by atoms with E-state index in [2.05, 4.69) is 11.4 Å². The first-order valence-electron chi connectivity index (χ1n) is 6.02. The Kier molecular flexibility index (Phi) is 2.84. The van der Waals surface area contributed by atoms with E-state index < -0.39 is 11.6 Å².